The van der Waals surface area contributed by atoms with Gasteiger partial charge in [-0.3, -0.25) is 19.2 Å². The minimum absolute atomic E-state index is 0.118. The lowest BCUT2D eigenvalue weighted by Crippen LogP contribution is -2.58. The molecule has 1 heterocycles. The van der Waals surface area contributed by atoms with Crippen LogP contribution in [0.4, 0.5) is 0 Å². The first-order chi connectivity index (χ1) is 10.2. The van der Waals surface area contributed by atoms with Crippen molar-refractivity contribution in [2.45, 2.75) is 51.6 Å². The molecule has 1 amide bonds. The van der Waals surface area contributed by atoms with Gasteiger partial charge in [-0.25, -0.2) is 0 Å². The second-order valence-corrected chi connectivity index (χ2v) is 4.84. The van der Waals surface area contributed by atoms with E-state index in [1.807, 2.05) is 0 Å². The van der Waals surface area contributed by atoms with Crippen molar-refractivity contribution in [1.29, 1.82) is 0 Å². The summed E-state index contributed by atoms with van der Waals surface area (Å²) in [5, 5.41) is 0. The summed E-state index contributed by atoms with van der Waals surface area (Å²) in [6.07, 6.45) is -4.26. The Morgan fingerprint density at radius 1 is 0.955 bits per heavy atom. The molecule has 0 spiro atoms. The molecule has 2 N–H and O–H groups in total. The van der Waals surface area contributed by atoms with Gasteiger partial charge in [0, 0.05) is 20.8 Å². The highest BCUT2D eigenvalue weighted by Crippen LogP contribution is 2.26. The van der Waals surface area contributed by atoms with Gasteiger partial charge >= 0.3 is 17.9 Å². The summed E-state index contributed by atoms with van der Waals surface area (Å²) in [6, 6.07) is 0. The zero-order valence-electron chi connectivity index (χ0n) is 12.6. The monoisotopic (exact) mass is 317 g/mol. The van der Waals surface area contributed by atoms with E-state index in [-0.39, 0.29) is 13.0 Å². The lowest BCUT2D eigenvalue weighted by atomic mass is 9.97. The SMILES string of the molecule is CC(=O)O[C@@H]1[C@@H](OC(C)=O)[C@H](OC(C)=O)CO[C@H]1CC(N)=O. The van der Waals surface area contributed by atoms with Crippen LogP contribution in [0.25, 0.3) is 0 Å². The first-order valence-corrected chi connectivity index (χ1v) is 6.62. The fourth-order valence-electron chi connectivity index (χ4n) is 2.19. The number of nitrogens with two attached hydrogens (primary N) is 1. The highest BCUT2D eigenvalue weighted by molar-refractivity contribution is 5.74. The van der Waals surface area contributed by atoms with E-state index in [2.05, 4.69) is 0 Å². The van der Waals surface area contributed by atoms with E-state index >= 15 is 0 Å². The molecule has 1 aliphatic heterocycles. The Kier molecular flexibility index (Phi) is 6.29. The third-order valence-corrected chi connectivity index (χ3v) is 2.86. The third-order valence-electron chi connectivity index (χ3n) is 2.86. The third kappa shape index (κ3) is 5.32. The highest BCUT2D eigenvalue weighted by Gasteiger charge is 2.47. The molecule has 22 heavy (non-hydrogen) atoms. The first-order valence-electron chi connectivity index (χ1n) is 6.62. The molecule has 9 heteroatoms. The van der Waals surface area contributed by atoms with E-state index in [1.165, 1.54) is 6.92 Å². The number of rotatable bonds is 5. The molecule has 0 unspecified atom stereocenters. The number of hydrogen-bond donors (Lipinski definition) is 1. The summed E-state index contributed by atoms with van der Waals surface area (Å²) in [5.41, 5.74) is 5.13. The largest absolute Gasteiger partial charge is 0.456 e. The summed E-state index contributed by atoms with van der Waals surface area (Å²) in [4.78, 5) is 44.8. The average molecular weight is 317 g/mol. The van der Waals surface area contributed by atoms with Crippen molar-refractivity contribution >= 4 is 23.8 Å². The number of carbonyl (C=O) groups is 4. The van der Waals surface area contributed by atoms with E-state index in [4.69, 9.17) is 24.7 Å². The molecule has 0 aromatic heterocycles. The Bertz CT molecular complexity index is 421. The molecule has 0 aromatic rings. The topological polar surface area (TPSA) is 131 Å². The zero-order valence-corrected chi connectivity index (χ0v) is 12.6. The van der Waals surface area contributed by atoms with Crippen LogP contribution in [0.1, 0.15) is 27.2 Å². The summed E-state index contributed by atoms with van der Waals surface area (Å²) < 4.78 is 20.6. The second-order valence-electron chi connectivity index (χ2n) is 4.84. The van der Waals surface area contributed by atoms with Crippen LogP contribution in [-0.2, 0) is 38.1 Å². The van der Waals surface area contributed by atoms with Crippen LogP contribution < -0.4 is 5.73 Å². The summed E-state index contributed by atoms with van der Waals surface area (Å²) in [6.45, 7) is 3.38. The van der Waals surface area contributed by atoms with Crippen LogP contribution in [0, 0.1) is 0 Å². The van der Waals surface area contributed by atoms with Crippen molar-refractivity contribution in [3.05, 3.63) is 0 Å². The maximum absolute atomic E-state index is 11.3. The summed E-state index contributed by atoms with van der Waals surface area (Å²) in [7, 11) is 0. The van der Waals surface area contributed by atoms with E-state index < -0.39 is 48.2 Å². The number of hydrogen-bond acceptors (Lipinski definition) is 8. The number of ether oxygens (including phenoxy) is 4. The van der Waals surface area contributed by atoms with Gasteiger partial charge in [-0.2, -0.15) is 0 Å². The Morgan fingerprint density at radius 2 is 1.45 bits per heavy atom. The van der Waals surface area contributed by atoms with E-state index in [9.17, 15) is 19.2 Å². The van der Waals surface area contributed by atoms with E-state index in [0.29, 0.717) is 0 Å². The van der Waals surface area contributed by atoms with E-state index in [0.717, 1.165) is 13.8 Å². The molecule has 124 valence electrons. The molecular weight excluding hydrogens is 298 g/mol. The number of amides is 1. The van der Waals surface area contributed by atoms with Crippen LogP contribution in [0.2, 0.25) is 0 Å². The van der Waals surface area contributed by atoms with Crippen LogP contribution in [0.5, 0.6) is 0 Å². The van der Waals surface area contributed by atoms with Crippen molar-refractivity contribution in [1.82, 2.24) is 0 Å². The van der Waals surface area contributed by atoms with Crippen molar-refractivity contribution in [3.63, 3.8) is 0 Å². The van der Waals surface area contributed by atoms with Crippen molar-refractivity contribution < 1.29 is 38.1 Å². The lowest BCUT2D eigenvalue weighted by molar-refractivity contribution is -0.226. The van der Waals surface area contributed by atoms with Gasteiger partial charge in [-0.15, -0.1) is 0 Å². The van der Waals surface area contributed by atoms with Gasteiger partial charge in [0.2, 0.25) is 5.91 Å². The summed E-state index contributed by atoms with van der Waals surface area (Å²) in [5.74, 6) is -2.60. The predicted molar refractivity (Wildman–Crippen MR) is 70.2 cm³/mol. The van der Waals surface area contributed by atoms with Gasteiger partial charge in [-0.1, -0.05) is 0 Å². The maximum atomic E-state index is 11.3. The smallest absolute Gasteiger partial charge is 0.303 e. The van der Waals surface area contributed by atoms with Crippen molar-refractivity contribution in [2.24, 2.45) is 5.73 Å². The van der Waals surface area contributed by atoms with Gasteiger partial charge in [0.15, 0.2) is 18.3 Å². The van der Waals surface area contributed by atoms with Crippen molar-refractivity contribution in [3.8, 4) is 0 Å². The first kappa shape index (κ1) is 17.9. The Labute approximate surface area is 127 Å². The maximum Gasteiger partial charge on any atom is 0.303 e. The van der Waals surface area contributed by atoms with Gasteiger partial charge in [-0.05, 0) is 0 Å². The quantitative estimate of drug-likeness (QED) is 0.507. The zero-order chi connectivity index (χ0) is 16.9. The standard InChI is InChI=1S/C13H19NO8/c1-6(15)20-10-5-19-9(4-11(14)18)12(21-7(2)16)13(10)22-8(3)17/h9-10,12-13H,4-5H2,1-3H3,(H2,14,18)/t9-,10+,12-,13-/m0/s1. The highest BCUT2D eigenvalue weighted by atomic mass is 16.6. The van der Waals surface area contributed by atoms with Gasteiger partial charge in [0.05, 0.1) is 13.0 Å². The molecule has 1 saturated heterocycles. The van der Waals surface area contributed by atoms with Crippen LogP contribution >= 0.6 is 0 Å². The van der Waals surface area contributed by atoms with Gasteiger partial charge in [0.1, 0.15) is 6.10 Å². The molecule has 1 aliphatic rings. The second kappa shape index (κ2) is 7.74. The Balaban J connectivity index is 3.03. The molecule has 1 fully saturated rings. The normalized spacial score (nSPS) is 27.6. The molecule has 0 bridgehead atoms. The molecule has 4 atom stereocenters. The minimum atomic E-state index is -1.10. The molecule has 0 saturated carbocycles. The van der Waals surface area contributed by atoms with Crippen LogP contribution in [0.15, 0.2) is 0 Å². The van der Waals surface area contributed by atoms with Gasteiger partial charge in [0.25, 0.3) is 0 Å². The number of primary amides is 1. The molecule has 1 rings (SSSR count). The van der Waals surface area contributed by atoms with Crippen LogP contribution in [0.3, 0.4) is 0 Å². The lowest BCUT2D eigenvalue weighted by Gasteiger charge is -2.40. The van der Waals surface area contributed by atoms with Crippen LogP contribution in [-0.4, -0.2) is 54.8 Å². The Morgan fingerprint density at radius 3 is 1.91 bits per heavy atom. The van der Waals surface area contributed by atoms with Gasteiger partial charge < -0.3 is 24.7 Å². The molecular formula is C13H19NO8. The molecule has 9 nitrogen and oxygen atoms in total. The summed E-state index contributed by atoms with van der Waals surface area (Å²) >= 11 is 0. The fraction of sp³-hybridized carbons (Fsp3) is 0.692. The number of esters is 3. The molecule has 0 aromatic carbocycles. The predicted octanol–water partition coefficient (Wildman–Crippen LogP) is -0.944. The number of carbonyl (C=O) groups excluding carboxylic acids is 4. The Hall–Kier alpha value is -2.16. The molecule has 0 aliphatic carbocycles. The molecule has 0 radical (unpaired) electrons. The van der Waals surface area contributed by atoms with E-state index in [1.54, 1.807) is 0 Å². The average Bonchev–Trinajstić information content (AvgIpc) is 2.34. The van der Waals surface area contributed by atoms with Crippen molar-refractivity contribution in [2.75, 3.05) is 6.61 Å². The minimum Gasteiger partial charge on any atom is -0.456 e. The fourth-order valence-corrected chi connectivity index (χ4v) is 2.19.